The Kier molecular flexibility index (Phi) is 5.00. The van der Waals surface area contributed by atoms with Crippen LogP contribution in [0.5, 0.6) is 0 Å². The second-order valence-electron chi connectivity index (χ2n) is 9.75. The van der Waals surface area contributed by atoms with Gasteiger partial charge in [0.15, 0.2) is 0 Å². The zero-order chi connectivity index (χ0) is 25.1. The van der Waals surface area contributed by atoms with Gasteiger partial charge >= 0.3 is 11.3 Å². The fraction of sp³-hybridized carbons (Fsp3) is 0.200. The Labute approximate surface area is 208 Å². The average Bonchev–Trinajstić information content (AvgIpc) is 2.87. The standard InChI is InChI=1S/C30H26N2O4/c1-31(2)18-10-11-20-22-15-25-23(16-24(22)29(33)35-26(20)13-18)28-21(17-8-6-5-7-9-17)12-19(32(3)4)14-27(28)36-30(25)34/h5-14H,15-16H2,1-4H3. The lowest BCUT2D eigenvalue weighted by Gasteiger charge is -2.23. The molecule has 0 saturated carbocycles. The summed E-state index contributed by atoms with van der Waals surface area (Å²) < 4.78 is 11.7. The molecule has 0 atom stereocenters. The number of nitrogens with zero attached hydrogens (tertiary/aromatic N) is 2. The van der Waals surface area contributed by atoms with Gasteiger partial charge in [-0.1, -0.05) is 30.3 Å². The molecular formula is C30H26N2O4. The van der Waals surface area contributed by atoms with E-state index in [-0.39, 0.29) is 11.3 Å². The van der Waals surface area contributed by atoms with Crippen LogP contribution in [0.25, 0.3) is 33.1 Å². The fourth-order valence-electron chi connectivity index (χ4n) is 5.21. The van der Waals surface area contributed by atoms with Crippen molar-refractivity contribution in [1.82, 2.24) is 0 Å². The van der Waals surface area contributed by atoms with E-state index in [4.69, 9.17) is 8.83 Å². The molecule has 0 N–H and O–H groups in total. The van der Waals surface area contributed by atoms with Crippen LogP contribution < -0.4 is 21.1 Å². The quantitative estimate of drug-likeness (QED) is 0.326. The summed E-state index contributed by atoms with van der Waals surface area (Å²) in [6.45, 7) is 0. The maximum absolute atomic E-state index is 13.3. The van der Waals surface area contributed by atoms with Gasteiger partial charge in [0.1, 0.15) is 11.2 Å². The second-order valence-corrected chi connectivity index (χ2v) is 9.75. The lowest BCUT2D eigenvalue weighted by molar-refractivity contribution is 0.538. The Morgan fingerprint density at radius 1 is 0.639 bits per heavy atom. The van der Waals surface area contributed by atoms with Crippen LogP contribution in [0.2, 0.25) is 0 Å². The SMILES string of the molecule is CN(C)c1ccc2c3c(c(=O)oc2c1)Cc1c(c(=O)oc2cc(N(C)C)cc(-c4ccccc4)c12)C3. The number of anilines is 2. The highest BCUT2D eigenvalue weighted by molar-refractivity contribution is 6.00. The molecule has 0 saturated heterocycles. The molecule has 0 bridgehead atoms. The predicted octanol–water partition coefficient (Wildman–Crippen LogP) is 5.19. The molecule has 1 aliphatic rings. The number of fused-ring (bicyclic) bond motifs is 6. The van der Waals surface area contributed by atoms with Crippen LogP contribution in [-0.4, -0.2) is 28.2 Å². The molecule has 5 aromatic rings. The largest absolute Gasteiger partial charge is 0.422 e. The minimum atomic E-state index is -0.357. The van der Waals surface area contributed by atoms with Crippen molar-refractivity contribution in [3.8, 4) is 11.1 Å². The van der Waals surface area contributed by atoms with Crippen molar-refractivity contribution in [2.24, 2.45) is 0 Å². The first kappa shape index (κ1) is 22.2. The molecule has 0 amide bonds. The van der Waals surface area contributed by atoms with Crippen molar-refractivity contribution in [3.63, 3.8) is 0 Å². The van der Waals surface area contributed by atoms with Crippen LogP contribution in [0, 0.1) is 0 Å². The van der Waals surface area contributed by atoms with E-state index in [2.05, 4.69) is 6.07 Å². The van der Waals surface area contributed by atoms with Crippen molar-refractivity contribution in [1.29, 1.82) is 0 Å². The van der Waals surface area contributed by atoms with Gasteiger partial charge in [0.2, 0.25) is 0 Å². The molecule has 180 valence electrons. The third kappa shape index (κ3) is 3.40. The zero-order valence-corrected chi connectivity index (χ0v) is 20.7. The van der Waals surface area contributed by atoms with E-state index in [0.717, 1.165) is 44.4 Å². The molecule has 0 unspecified atom stereocenters. The van der Waals surface area contributed by atoms with Gasteiger partial charge in [-0.2, -0.15) is 0 Å². The lowest BCUT2D eigenvalue weighted by atomic mass is 9.83. The van der Waals surface area contributed by atoms with E-state index < -0.39 is 0 Å². The van der Waals surface area contributed by atoms with Crippen LogP contribution in [0.4, 0.5) is 11.4 Å². The van der Waals surface area contributed by atoms with E-state index >= 15 is 0 Å². The minimum Gasteiger partial charge on any atom is -0.422 e. The number of rotatable bonds is 3. The molecule has 3 aromatic carbocycles. The Bertz CT molecular complexity index is 1780. The molecule has 0 fully saturated rings. The molecule has 36 heavy (non-hydrogen) atoms. The van der Waals surface area contributed by atoms with Crippen LogP contribution in [0.3, 0.4) is 0 Å². The summed E-state index contributed by atoms with van der Waals surface area (Å²) in [6.07, 6.45) is 0.650. The van der Waals surface area contributed by atoms with Crippen molar-refractivity contribution < 1.29 is 8.83 Å². The van der Waals surface area contributed by atoms with Gasteiger partial charge < -0.3 is 18.6 Å². The van der Waals surface area contributed by atoms with Gasteiger partial charge in [-0.25, -0.2) is 9.59 Å². The summed E-state index contributed by atoms with van der Waals surface area (Å²) in [7, 11) is 7.80. The van der Waals surface area contributed by atoms with Gasteiger partial charge in [0.05, 0.1) is 0 Å². The van der Waals surface area contributed by atoms with Gasteiger partial charge in [-0.05, 0) is 40.5 Å². The van der Waals surface area contributed by atoms with E-state index in [1.54, 1.807) is 0 Å². The number of hydrogen-bond acceptors (Lipinski definition) is 6. The first-order valence-corrected chi connectivity index (χ1v) is 11.9. The smallest absolute Gasteiger partial charge is 0.340 e. The Hall–Kier alpha value is -4.32. The summed E-state index contributed by atoms with van der Waals surface area (Å²) in [4.78, 5) is 30.4. The Balaban J connectivity index is 1.64. The van der Waals surface area contributed by atoms with Gasteiger partial charge in [0.25, 0.3) is 0 Å². The normalized spacial score (nSPS) is 12.4. The third-order valence-electron chi connectivity index (χ3n) is 7.13. The van der Waals surface area contributed by atoms with Gasteiger partial charge in [-0.15, -0.1) is 0 Å². The molecule has 6 rings (SSSR count). The summed E-state index contributed by atoms with van der Waals surface area (Å²) in [5, 5.41) is 1.72. The summed E-state index contributed by atoms with van der Waals surface area (Å²) in [6, 6.07) is 19.9. The number of benzene rings is 3. The van der Waals surface area contributed by atoms with Crippen LogP contribution >= 0.6 is 0 Å². The maximum Gasteiger partial charge on any atom is 0.340 e. The van der Waals surface area contributed by atoms with Crippen LogP contribution in [0.1, 0.15) is 22.3 Å². The van der Waals surface area contributed by atoms with Crippen molar-refractivity contribution in [2.75, 3.05) is 38.0 Å². The summed E-state index contributed by atoms with van der Waals surface area (Å²) in [5.74, 6) is 0. The number of hydrogen-bond donors (Lipinski definition) is 0. The Morgan fingerprint density at radius 2 is 1.25 bits per heavy atom. The summed E-state index contributed by atoms with van der Waals surface area (Å²) in [5.41, 5.74) is 7.10. The van der Waals surface area contributed by atoms with Gasteiger partial charge in [0, 0.05) is 86.4 Å². The van der Waals surface area contributed by atoms with E-state index in [9.17, 15) is 9.59 Å². The maximum atomic E-state index is 13.3. The van der Waals surface area contributed by atoms with Crippen LogP contribution in [0.15, 0.2) is 79.1 Å². The highest BCUT2D eigenvalue weighted by atomic mass is 16.4. The first-order valence-electron chi connectivity index (χ1n) is 11.9. The molecule has 2 aromatic heterocycles. The molecule has 2 heterocycles. The molecule has 0 aliphatic heterocycles. The van der Waals surface area contributed by atoms with Crippen molar-refractivity contribution in [3.05, 3.63) is 104 Å². The van der Waals surface area contributed by atoms with E-state index in [0.29, 0.717) is 35.1 Å². The van der Waals surface area contributed by atoms with E-state index in [1.165, 1.54) is 0 Å². The predicted molar refractivity (Wildman–Crippen MR) is 145 cm³/mol. The third-order valence-corrected chi connectivity index (χ3v) is 7.13. The lowest BCUT2D eigenvalue weighted by Crippen LogP contribution is -2.23. The minimum absolute atomic E-state index is 0.321. The van der Waals surface area contributed by atoms with Gasteiger partial charge in [-0.3, -0.25) is 0 Å². The first-order chi connectivity index (χ1) is 17.3. The topological polar surface area (TPSA) is 66.9 Å². The van der Waals surface area contributed by atoms with Crippen molar-refractivity contribution in [2.45, 2.75) is 12.8 Å². The van der Waals surface area contributed by atoms with Crippen LogP contribution in [-0.2, 0) is 12.8 Å². The monoisotopic (exact) mass is 478 g/mol. The summed E-state index contributed by atoms with van der Waals surface area (Å²) >= 11 is 0. The zero-order valence-electron chi connectivity index (χ0n) is 20.7. The van der Waals surface area contributed by atoms with E-state index in [1.807, 2.05) is 92.6 Å². The molecule has 0 radical (unpaired) electrons. The highest BCUT2D eigenvalue weighted by Crippen LogP contribution is 2.39. The Morgan fingerprint density at radius 3 is 1.94 bits per heavy atom. The molecular weight excluding hydrogens is 452 g/mol. The molecule has 6 heteroatoms. The fourth-order valence-corrected chi connectivity index (χ4v) is 5.21. The second kappa shape index (κ2) is 8.12. The molecule has 1 aliphatic carbocycles. The molecule has 6 nitrogen and oxygen atoms in total. The highest BCUT2D eigenvalue weighted by Gasteiger charge is 2.28. The van der Waals surface area contributed by atoms with Crippen molar-refractivity contribution >= 4 is 33.3 Å². The average molecular weight is 479 g/mol. The molecule has 0 spiro atoms.